The lowest BCUT2D eigenvalue weighted by atomic mass is 10.0. The summed E-state index contributed by atoms with van der Waals surface area (Å²) >= 11 is 0. The summed E-state index contributed by atoms with van der Waals surface area (Å²) in [6, 6.07) is 8.46. The number of Topliss-reactive ketones (excluding diaryl/α,β-unsaturated/α-hetero) is 1. The van der Waals surface area contributed by atoms with Crippen LogP contribution in [0.2, 0.25) is 0 Å². The Bertz CT molecular complexity index is 406. The molecule has 1 aromatic carbocycles. The van der Waals surface area contributed by atoms with E-state index in [4.69, 9.17) is 0 Å². The van der Waals surface area contributed by atoms with Crippen LogP contribution in [0.5, 0.6) is 0 Å². The highest BCUT2D eigenvalue weighted by atomic mass is 16.5. The highest BCUT2D eigenvalue weighted by molar-refractivity contribution is 6.23. The summed E-state index contributed by atoms with van der Waals surface area (Å²) in [7, 11) is 2.57. The van der Waals surface area contributed by atoms with Crippen LogP contribution in [0.25, 0.3) is 0 Å². The van der Waals surface area contributed by atoms with Gasteiger partial charge in [0.05, 0.1) is 14.2 Å². The number of hydrogen-bond donors (Lipinski definition) is 0. The van der Waals surface area contributed by atoms with E-state index in [1.165, 1.54) is 14.2 Å². The van der Waals surface area contributed by atoms with Crippen LogP contribution < -0.4 is 0 Å². The lowest BCUT2D eigenvalue weighted by Gasteiger charge is -2.04. The molecule has 0 fully saturated rings. The largest absolute Gasteiger partial charge is 0.503 e. The monoisotopic (exact) mass is 220 g/mol. The van der Waals surface area contributed by atoms with Gasteiger partial charge in [0.25, 0.3) is 0 Å². The van der Waals surface area contributed by atoms with Crippen LogP contribution in [0.4, 0.5) is 0 Å². The van der Waals surface area contributed by atoms with Gasteiger partial charge in [-0.05, 0) is 0 Å². The molecule has 4 nitrogen and oxygen atoms in total. The van der Waals surface area contributed by atoms with Gasteiger partial charge in [-0.25, -0.2) is 4.79 Å². The molecular weight excluding hydrogens is 208 g/mol. The third kappa shape index (κ3) is 2.70. The van der Waals surface area contributed by atoms with E-state index >= 15 is 0 Å². The number of ether oxygens (including phenoxy) is 2. The molecule has 0 amide bonds. The third-order valence-electron chi connectivity index (χ3n) is 1.92. The molecule has 1 rings (SSSR count). The summed E-state index contributed by atoms with van der Waals surface area (Å²) in [4.78, 5) is 23.2. The molecule has 1 aromatic rings. The maximum absolute atomic E-state index is 11.9. The number of esters is 1. The van der Waals surface area contributed by atoms with Crippen molar-refractivity contribution in [3.05, 3.63) is 47.7 Å². The highest BCUT2D eigenvalue weighted by Crippen LogP contribution is 2.09. The van der Waals surface area contributed by atoms with Crippen molar-refractivity contribution in [2.75, 3.05) is 14.2 Å². The average Bonchev–Trinajstić information content (AvgIpc) is 2.35. The Morgan fingerprint density at radius 2 is 1.75 bits per heavy atom. The minimum atomic E-state index is -0.712. The standard InChI is InChI=1S/C12H12O4/c1-15-8-10(12(14)16-2)11(13)9-6-4-3-5-7-9/h3-8H,1-2H3/b10-8-. The zero-order chi connectivity index (χ0) is 12.0. The zero-order valence-corrected chi connectivity index (χ0v) is 9.10. The fraction of sp³-hybridized carbons (Fsp3) is 0.167. The first-order chi connectivity index (χ1) is 7.70. The minimum absolute atomic E-state index is 0.129. The van der Waals surface area contributed by atoms with Crippen molar-refractivity contribution in [3.63, 3.8) is 0 Å². The fourth-order valence-corrected chi connectivity index (χ4v) is 1.17. The van der Waals surface area contributed by atoms with Crippen LogP contribution in [0, 0.1) is 0 Å². The first-order valence-corrected chi connectivity index (χ1v) is 4.61. The highest BCUT2D eigenvalue weighted by Gasteiger charge is 2.20. The van der Waals surface area contributed by atoms with E-state index in [0.717, 1.165) is 6.26 Å². The Labute approximate surface area is 93.5 Å². The molecule has 0 atom stereocenters. The molecule has 16 heavy (non-hydrogen) atoms. The van der Waals surface area contributed by atoms with Crippen molar-refractivity contribution >= 4 is 11.8 Å². The van der Waals surface area contributed by atoms with Crippen LogP contribution in [0.15, 0.2) is 42.2 Å². The van der Waals surface area contributed by atoms with Crippen molar-refractivity contribution in [2.24, 2.45) is 0 Å². The van der Waals surface area contributed by atoms with Gasteiger partial charge < -0.3 is 9.47 Å². The van der Waals surface area contributed by atoms with E-state index in [0.29, 0.717) is 5.56 Å². The van der Waals surface area contributed by atoms with Crippen molar-refractivity contribution in [2.45, 2.75) is 0 Å². The average molecular weight is 220 g/mol. The molecule has 0 aliphatic rings. The Morgan fingerprint density at radius 3 is 2.25 bits per heavy atom. The van der Waals surface area contributed by atoms with Crippen LogP contribution in [0.3, 0.4) is 0 Å². The minimum Gasteiger partial charge on any atom is -0.503 e. The maximum atomic E-state index is 11.9. The second kappa shape index (κ2) is 5.70. The van der Waals surface area contributed by atoms with Gasteiger partial charge in [0.15, 0.2) is 0 Å². The summed E-state index contributed by atoms with van der Waals surface area (Å²) in [5.41, 5.74) is 0.285. The van der Waals surface area contributed by atoms with Gasteiger partial charge in [0, 0.05) is 5.56 Å². The molecule has 84 valence electrons. The van der Waals surface area contributed by atoms with E-state index in [2.05, 4.69) is 9.47 Å². The van der Waals surface area contributed by atoms with Gasteiger partial charge in [-0.15, -0.1) is 0 Å². The summed E-state index contributed by atoms with van der Waals surface area (Å²) in [6.07, 6.45) is 1.08. The predicted molar refractivity (Wildman–Crippen MR) is 57.9 cm³/mol. The molecule has 0 bridgehead atoms. The fourth-order valence-electron chi connectivity index (χ4n) is 1.17. The Hall–Kier alpha value is -2.10. The number of benzene rings is 1. The second-order valence-corrected chi connectivity index (χ2v) is 2.95. The van der Waals surface area contributed by atoms with Crippen molar-refractivity contribution < 1.29 is 19.1 Å². The molecule has 0 radical (unpaired) electrons. The number of ketones is 1. The predicted octanol–water partition coefficient (Wildman–Crippen LogP) is 1.57. The number of rotatable bonds is 4. The quantitative estimate of drug-likeness (QED) is 0.193. The first-order valence-electron chi connectivity index (χ1n) is 4.61. The number of methoxy groups -OCH3 is 2. The molecule has 0 aliphatic heterocycles. The summed E-state index contributed by atoms with van der Waals surface area (Å²) in [5.74, 6) is -1.13. The maximum Gasteiger partial charge on any atom is 0.345 e. The Balaban J connectivity index is 3.02. The van der Waals surface area contributed by atoms with Gasteiger partial charge in [-0.2, -0.15) is 0 Å². The van der Waals surface area contributed by atoms with Crippen molar-refractivity contribution in [1.82, 2.24) is 0 Å². The summed E-state index contributed by atoms with van der Waals surface area (Å²) in [5, 5.41) is 0. The van der Waals surface area contributed by atoms with Crippen LogP contribution in [0.1, 0.15) is 10.4 Å². The third-order valence-corrected chi connectivity index (χ3v) is 1.92. The van der Waals surface area contributed by atoms with Gasteiger partial charge in [0.1, 0.15) is 11.8 Å². The van der Waals surface area contributed by atoms with Crippen molar-refractivity contribution in [3.8, 4) is 0 Å². The molecule has 0 saturated heterocycles. The lowest BCUT2D eigenvalue weighted by Crippen LogP contribution is -2.15. The first kappa shape index (κ1) is 12.0. The molecule has 0 aromatic heterocycles. The number of carbonyl (C=O) groups is 2. The normalized spacial score (nSPS) is 10.8. The molecule has 0 heterocycles. The second-order valence-electron chi connectivity index (χ2n) is 2.95. The molecule has 0 N–H and O–H groups in total. The van der Waals surface area contributed by atoms with E-state index in [1.54, 1.807) is 30.3 Å². The Kier molecular flexibility index (Phi) is 4.27. The number of carbonyl (C=O) groups excluding carboxylic acids is 2. The topological polar surface area (TPSA) is 52.6 Å². The van der Waals surface area contributed by atoms with E-state index in [9.17, 15) is 9.59 Å². The van der Waals surface area contributed by atoms with Crippen LogP contribution >= 0.6 is 0 Å². The SMILES string of the molecule is CO/C=C(\C(=O)OC)C(=O)c1ccccc1. The molecule has 0 saturated carbocycles. The van der Waals surface area contributed by atoms with Crippen LogP contribution in [-0.4, -0.2) is 26.0 Å². The van der Waals surface area contributed by atoms with Gasteiger partial charge >= 0.3 is 5.97 Å². The molecule has 4 heteroatoms. The lowest BCUT2D eigenvalue weighted by molar-refractivity contribution is -0.135. The van der Waals surface area contributed by atoms with Gasteiger partial charge in [-0.1, -0.05) is 30.3 Å². The zero-order valence-electron chi connectivity index (χ0n) is 9.10. The van der Waals surface area contributed by atoms with E-state index in [1.807, 2.05) is 0 Å². The van der Waals surface area contributed by atoms with Gasteiger partial charge in [-0.3, -0.25) is 4.79 Å². The summed E-state index contributed by atoms with van der Waals surface area (Å²) in [6.45, 7) is 0. The number of hydrogen-bond acceptors (Lipinski definition) is 4. The van der Waals surface area contributed by atoms with Gasteiger partial charge in [0.2, 0.25) is 5.78 Å². The molecular formula is C12H12O4. The summed E-state index contributed by atoms with van der Waals surface area (Å²) < 4.78 is 9.19. The van der Waals surface area contributed by atoms with E-state index < -0.39 is 11.8 Å². The smallest absolute Gasteiger partial charge is 0.345 e. The molecule has 0 unspecified atom stereocenters. The molecule has 0 aliphatic carbocycles. The van der Waals surface area contributed by atoms with E-state index in [-0.39, 0.29) is 5.57 Å². The van der Waals surface area contributed by atoms with Crippen LogP contribution in [-0.2, 0) is 14.3 Å². The molecule has 0 spiro atoms. The van der Waals surface area contributed by atoms with Crippen molar-refractivity contribution in [1.29, 1.82) is 0 Å². The Morgan fingerprint density at radius 1 is 1.12 bits per heavy atom.